The molecule has 10 nitrogen and oxygen atoms in total. The number of hydrogen-bond donors (Lipinski definition) is 2. The first-order valence-electron chi connectivity index (χ1n) is 15.3. The first-order chi connectivity index (χ1) is 20.5. The van der Waals surface area contributed by atoms with E-state index in [2.05, 4.69) is 45.1 Å². The number of esters is 2. The molecule has 0 aliphatic heterocycles. The molecule has 0 fully saturated rings. The monoisotopic (exact) mass is 593 g/mol. The molecule has 0 aliphatic carbocycles. The number of fused-ring (bicyclic) bond motifs is 1. The number of Topliss-reactive ketones (excluding diaryl/α,β-unsaturated/α-hetero) is 1. The van der Waals surface area contributed by atoms with Crippen molar-refractivity contribution in [2.45, 2.75) is 86.4 Å². The minimum atomic E-state index is -0.710. The smallest absolute Gasteiger partial charge is 0.323 e. The van der Waals surface area contributed by atoms with Crippen LogP contribution in [0.2, 0.25) is 0 Å². The topological polar surface area (TPSA) is 127 Å². The van der Waals surface area contributed by atoms with E-state index >= 15 is 0 Å². The summed E-state index contributed by atoms with van der Waals surface area (Å²) in [6.07, 6.45) is 6.40. The van der Waals surface area contributed by atoms with Crippen molar-refractivity contribution in [1.82, 2.24) is 25.2 Å². The number of rotatable bonds is 16. The number of nitrogens with zero attached hydrogens (tertiary/aromatic N) is 3. The molecule has 0 saturated carbocycles. The Labute approximate surface area is 255 Å². The second-order valence-electron chi connectivity index (χ2n) is 11.6. The third-order valence-electron chi connectivity index (χ3n) is 7.58. The zero-order valence-electron chi connectivity index (χ0n) is 26.7. The van der Waals surface area contributed by atoms with Crippen molar-refractivity contribution in [3.05, 3.63) is 59.2 Å². The Morgan fingerprint density at radius 1 is 1.05 bits per heavy atom. The highest BCUT2D eigenvalue weighted by molar-refractivity contribution is 6.01. The lowest BCUT2D eigenvalue weighted by molar-refractivity contribution is -0.147. The minimum absolute atomic E-state index is 0.0187. The quantitative estimate of drug-likeness (QED) is 0.171. The molecule has 2 N–H and O–H groups in total. The number of benzene rings is 1. The summed E-state index contributed by atoms with van der Waals surface area (Å²) in [5.74, 6) is -0.779. The largest absolute Gasteiger partial charge is 0.466 e. The molecule has 0 spiro atoms. The van der Waals surface area contributed by atoms with E-state index in [0.29, 0.717) is 12.0 Å². The second-order valence-corrected chi connectivity index (χ2v) is 11.6. The molecule has 2 heterocycles. The maximum atomic E-state index is 13.7. The van der Waals surface area contributed by atoms with E-state index < -0.39 is 17.4 Å². The third kappa shape index (κ3) is 8.93. The van der Waals surface area contributed by atoms with E-state index in [4.69, 9.17) is 9.47 Å². The van der Waals surface area contributed by atoms with Gasteiger partial charge in [-0.05, 0) is 62.5 Å². The van der Waals surface area contributed by atoms with Gasteiger partial charge in [-0.1, -0.05) is 46.8 Å². The Hall–Kier alpha value is -3.63. The Kier molecular flexibility index (Phi) is 12.4. The summed E-state index contributed by atoms with van der Waals surface area (Å²) in [5, 5.41) is 4.23. The van der Waals surface area contributed by atoms with Crippen molar-refractivity contribution in [3.63, 3.8) is 0 Å². The van der Waals surface area contributed by atoms with Crippen molar-refractivity contribution in [3.8, 4) is 0 Å². The van der Waals surface area contributed by atoms with Crippen molar-refractivity contribution in [1.29, 1.82) is 0 Å². The van der Waals surface area contributed by atoms with Gasteiger partial charge in [0.15, 0.2) is 5.78 Å². The number of carbonyl (C=O) groups excluding carboxylic acids is 3. The van der Waals surface area contributed by atoms with E-state index in [1.165, 1.54) is 6.33 Å². The van der Waals surface area contributed by atoms with E-state index in [-0.39, 0.29) is 50.4 Å². The van der Waals surface area contributed by atoms with Gasteiger partial charge in [0.25, 0.3) is 0 Å². The van der Waals surface area contributed by atoms with Gasteiger partial charge in [0.2, 0.25) is 0 Å². The number of ether oxygens (including phenoxy) is 2. The highest BCUT2D eigenvalue weighted by Gasteiger charge is 2.28. The van der Waals surface area contributed by atoms with Crippen LogP contribution in [-0.4, -0.2) is 69.9 Å². The first-order valence-corrected chi connectivity index (χ1v) is 15.3. The maximum Gasteiger partial charge on any atom is 0.323 e. The Morgan fingerprint density at radius 3 is 2.42 bits per heavy atom. The highest BCUT2D eigenvalue weighted by Crippen LogP contribution is 2.32. The summed E-state index contributed by atoms with van der Waals surface area (Å²) in [6.45, 7) is 16.0. The molecule has 10 heteroatoms. The molecular weight excluding hydrogens is 546 g/mol. The molecule has 3 rings (SSSR count). The Bertz CT molecular complexity index is 1380. The average molecular weight is 594 g/mol. The van der Waals surface area contributed by atoms with Crippen LogP contribution in [0.1, 0.15) is 94.4 Å². The van der Waals surface area contributed by atoms with Gasteiger partial charge in [0.1, 0.15) is 18.0 Å². The fourth-order valence-corrected chi connectivity index (χ4v) is 5.27. The zero-order chi connectivity index (χ0) is 31.6. The molecular formula is C33H47N5O5. The molecule has 234 valence electrons. The van der Waals surface area contributed by atoms with Gasteiger partial charge in [-0.25, -0.2) is 9.97 Å². The molecule has 1 unspecified atom stereocenters. The number of nitrogens with one attached hydrogen (secondary N) is 2. The van der Waals surface area contributed by atoms with E-state index in [1.54, 1.807) is 13.8 Å². The summed E-state index contributed by atoms with van der Waals surface area (Å²) < 4.78 is 10.3. The van der Waals surface area contributed by atoms with Crippen LogP contribution in [0, 0.1) is 5.41 Å². The predicted molar refractivity (Wildman–Crippen MR) is 167 cm³/mol. The molecule has 2 atom stereocenters. The lowest BCUT2D eigenvalue weighted by Gasteiger charge is -2.30. The van der Waals surface area contributed by atoms with Gasteiger partial charge in [-0.3, -0.25) is 19.3 Å². The van der Waals surface area contributed by atoms with Gasteiger partial charge in [0, 0.05) is 47.8 Å². The summed E-state index contributed by atoms with van der Waals surface area (Å²) in [6, 6.07) is 5.35. The van der Waals surface area contributed by atoms with Crippen molar-refractivity contribution >= 4 is 28.8 Å². The fraction of sp³-hybridized carbons (Fsp3) is 0.545. The van der Waals surface area contributed by atoms with Crippen LogP contribution in [-0.2, 0) is 32.0 Å². The summed E-state index contributed by atoms with van der Waals surface area (Å²) in [7, 11) is 0. The van der Waals surface area contributed by atoms with Crippen molar-refractivity contribution in [2.75, 3.05) is 26.3 Å². The van der Waals surface area contributed by atoms with E-state index in [9.17, 15) is 14.4 Å². The number of hydrogen-bond acceptors (Lipinski definition) is 9. The van der Waals surface area contributed by atoms with E-state index in [1.807, 2.05) is 45.3 Å². The summed E-state index contributed by atoms with van der Waals surface area (Å²) >= 11 is 0. The average Bonchev–Trinajstić information content (AvgIpc) is 3.41. The standard InChI is InChI=1S/C33H47N5O5/c1-8-38(9-2)28(25-20-36-31-26(25)19-34-21-37-31)17-22-12-13-23(24(16-22)30(40)33(5,6)7)18-35-27(32(41)43-11-4)14-15-29(39)42-10-3/h12-13,16,19-21,27-28,35H,8-11,14-15,17-18H2,1-7H3,(H,34,36,37)/t27-,28?/m1/s1. The summed E-state index contributed by atoms with van der Waals surface area (Å²) in [4.78, 5) is 52.7. The molecule has 1 aromatic carbocycles. The van der Waals surface area contributed by atoms with Crippen LogP contribution >= 0.6 is 0 Å². The molecule has 43 heavy (non-hydrogen) atoms. The Balaban J connectivity index is 1.94. The molecule has 0 bridgehead atoms. The van der Waals surface area contributed by atoms with Gasteiger partial charge in [-0.15, -0.1) is 0 Å². The van der Waals surface area contributed by atoms with Crippen LogP contribution in [0.4, 0.5) is 0 Å². The lowest BCUT2D eigenvalue weighted by atomic mass is 9.83. The number of carbonyl (C=O) groups is 3. The normalized spacial score (nSPS) is 13.2. The number of aromatic nitrogens is 3. The number of likely N-dealkylation sites (N-methyl/N-ethyl adjacent to an activating group) is 1. The van der Waals surface area contributed by atoms with Crippen LogP contribution in [0.3, 0.4) is 0 Å². The minimum Gasteiger partial charge on any atom is -0.466 e. The van der Waals surface area contributed by atoms with Crippen molar-refractivity contribution < 1.29 is 23.9 Å². The van der Waals surface area contributed by atoms with Crippen LogP contribution < -0.4 is 5.32 Å². The molecule has 0 radical (unpaired) electrons. The molecule has 2 aromatic heterocycles. The van der Waals surface area contributed by atoms with E-state index in [0.717, 1.165) is 40.8 Å². The first kappa shape index (κ1) is 33.9. The van der Waals surface area contributed by atoms with Crippen LogP contribution in [0.15, 0.2) is 36.9 Å². The molecule has 0 aliphatic rings. The maximum absolute atomic E-state index is 13.7. The van der Waals surface area contributed by atoms with Crippen LogP contribution in [0.5, 0.6) is 0 Å². The van der Waals surface area contributed by atoms with Gasteiger partial charge < -0.3 is 19.8 Å². The van der Waals surface area contributed by atoms with Crippen molar-refractivity contribution in [2.24, 2.45) is 5.41 Å². The van der Waals surface area contributed by atoms with Gasteiger partial charge in [-0.2, -0.15) is 0 Å². The second kappa shape index (κ2) is 15.7. The fourth-order valence-electron chi connectivity index (χ4n) is 5.27. The highest BCUT2D eigenvalue weighted by atomic mass is 16.5. The zero-order valence-corrected chi connectivity index (χ0v) is 26.7. The SMILES string of the molecule is CCOC(=O)CC[C@@H](NCc1ccc(CC(c2c[nH]c3ncncc23)N(CC)CC)cc1C(=O)C(C)(C)C)C(=O)OCC. The summed E-state index contributed by atoms with van der Waals surface area (Å²) in [5.41, 5.74) is 3.74. The number of H-pyrrole nitrogens is 1. The molecule has 0 saturated heterocycles. The predicted octanol–water partition coefficient (Wildman–Crippen LogP) is 5.18. The third-order valence-corrected chi connectivity index (χ3v) is 7.58. The van der Waals surface area contributed by atoms with Gasteiger partial charge >= 0.3 is 11.9 Å². The van der Waals surface area contributed by atoms with Crippen LogP contribution in [0.25, 0.3) is 11.0 Å². The Morgan fingerprint density at radius 2 is 1.77 bits per heavy atom. The molecule has 3 aromatic rings. The number of aromatic amines is 1. The van der Waals surface area contributed by atoms with Gasteiger partial charge in [0.05, 0.1) is 13.2 Å². The lowest BCUT2D eigenvalue weighted by Crippen LogP contribution is -2.38. The molecule has 0 amide bonds. The number of ketones is 1.